The van der Waals surface area contributed by atoms with E-state index in [-0.39, 0.29) is 31.0 Å². The fraction of sp³-hybridized carbons (Fsp3) is 0.389. The third-order valence-corrected chi connectivity index (χ3v) is 6.63. The van der Waals surface area contributed by atoms with Gasteiger partial charge >= 0.3 is 6.18 Å². The molecule has 3 rings (SSSR count). The molecule has 0 aliphatic carbocycles. The highest BCUT2D eigenvalue weighted by Crippen LogP contribution is 2.35. The van der Waals surface area contributed by atoms with Crippen molar-refractivity contribution in [1.82, 2.24) is 9.29 Å². The molecule has 1 aliphatic rings. The molecule has 1 fully saturated rings. The Morgan fingerprint density at radius 3 is 2.39 bits per heavy atom. The van der Waals surface area contributed by atoms with Crippen LogP contribution in [0.1, 0.15) is 24.0 Å². The van der Waals surface area contributed by atoms with Gasteiger partial charge in [-0.2, -0.15) is 17.5 Å². The van der Waals surface area contributed by atoms with Gasteiger partial charge in [-0.15, -0.1) is 0 Å². The number of sulfonamides is 1. The summed E-state index contributed by atoms with van der Waals surface area (Å²) in [7, 11) is -4.42. The van der Waals surface area contributed by atoms with Crippen molar-refractivity contribution in [2.75, 3.05) is 13.1 Å². The van der Waals surface area contributed by atoms with E-state index in [0.29, 0.717) is 18.9 Å². The number of benzene rings is 1. The van der Waals surface area contributed by atoms with E-state index < -0.39 is 38.4 Å². The number of aromatic nitrogens is 1. The van der Waals surface area contributed by atoms with Crippen LogP contribution in [-0.2, 0) is 22.6 Å². The van der Waals surface area contributed by atoms with Crippen LogP contribution in [-0.4, -0.2) is 30.8 Å². The van der Waals surface area contributed by atoms with Gasteiger partial charge in [0.15, 0.2) is 16.7 Å². The topological polar surface area (TPSA) is 50.3 Å². The Morgan fingerprint density at radius 1 is 1.07 bits per heavy atom. The molecule has 0 saturated carbocycles. The highest BCUT2D eigenvalue weighted by atomic mass is 32.2. The van der Waals surface area contributed by atoms with E-state index in [1.165, 1.54) is 12.1 Å². The number of alkyl halides is 3. The smallest absolute Gasteiger partial charge is 0.243 e. The Kier molecular flexibility index (Phi) is 5.72. The zero-order chi connectivity index (χ0) is 20.5. The van der Waals surface area contributed by atoms with Crippen LogP contribution in [0, 0.1) is 17.6 Å². The molecule has 1 aliphatic heterocycles. The highest BCUT2D eigenvalue weighted by Gasteiger charge is 2.40. The van der Waals surface area contributed by atoms with E-state index >= 15 is 0 Å². The van der Waals surface area contributed by atoms with Crippen LogP contribution in [0.4, 0.5) is 22.0 Å². The first-order chi connectivity index (χ1) is 13.1. The minimum Gasteiger partial charge on any atom is -0.243 e. The van der Waals surface area contributed by atoms with Crippen LogP contribution in [0.3, 0.4) is 0 Å². The van der Waals surface area contributed by atoms with Gasteiger partial charge in [0, 0.05) is 19.3 Å². The Morgan fingerprint density at radius 2 is 1.75 bits per heavy atom. The summed E-state index contributed by atoms with van der Waals surface area (Å²) < 4.78 is 92.8. The molecule has 1 aromatic heterocycles. The molecule has 0 bridgehead atoms. The van der Waals surface area contributed by atoms with Gasteiger partial charge < -0.3 is 0 Å². The molecule has 2 heterocycles. The molecule has 28 heavy (non-hydrogen) atoms. The number of nitrogens with zero attached hydrogens (tertiary/aromatic N) is 2. The maximum atomic E-state index is 13.8. The predicted octanol–water partition coefficient (Wildman–Crippen LogP) is 4.02. The Bertz CT molecular complexity index is 955. The predicted molar refractivity (Wildman–Crippen MR) is 90.8 cm³/mol. The second-order valence-electron chi connectivity index (χ2n) is 6.62. The lowest BCUT2D eigenvalue weighted by atomic mass is 9.91. The van der Waals surface area contributed by atoms with Crippen molar-refractivity contribution >= 4 is 10.0 Å². The monoisotopic (exact) mass is 420 g/mol. The first-order valence-corrected chi connectivity index (χ1v) is 10.00. The standard InChI is InChI=1S/C18H17F5N2O2S/c19-15-5-1-3-13(16(15)20)11-12-6-9-25(10-7-12)28(26,27)17-14(18(21,22)23)4-2-8-24-17/h1-5,8,12H,6-7,9-11H2. The Hall–Kier alpha value is -2.07. The minimum absolute atomic E-state index is 0.0161. The van der Waals surface area contributed by atoms with Gasteiger partial charge in [-0.25, -0.2) is 22.2 Å². The van der Waals surface area contributed by atoms with Crippen LogP contribution < -0.4 is 0 Å². The van der Waals surface area contributed by atoms with Gasteiger partial charge in [0.1, 0.15) is 0 Å². The second-order valence-corrected chi connectivity index (χ2v) is 8.47. The molecule has 152 valence electrons. The van der Waals surface area contributed by atoms with E-state index in [1.807, 2.05) is 0 Å². The van der Waals surface area contributed by atoms with Crippen LogP contribution in [0.15, 0.2) is 41.6 Å². The Balaban J connectivity index is 1.74. The quantitative estimate of drug-likeness (QED) is 0.702. The SMILES string of the molecule is O=S(=O)(c1ncccc1C(F)(F)F)N1CCC(Cc2cccc(F)c2F)CC1. The summed E-state index contributed by atoms with van der Waals surface area (Å²) >= 11 is 0. The minimum atomic E-state index is -4.84. The molecule has 0 atom stereocenters. The molecule has 2 aromatic rings. The second kappa shape index (κ2) is 7.75. The van der Waals surface area contributed by atoms with E-state index in [1.54, 1.807) is 0 Å². The highest BCUT2D eigenvalue weighted by molar-refractivity contribution is 7.89. The molecule has 0 N–H and O–H groups in total. The molecular formula is C18H17F5N2O2S. The van der Waals surface area contributed by atoms with Crippen molar-refractivity contribution in [3.63, 3.8) is 0 Å². The molecule has 4 nitrogen and oxygen atoms in total. The molecule has 1 saturated heterocycles. The number of piperidine rings is 1. The maximum Gasteiger partial charge on any atom is 0.419 e. The average molecular weight is 420 g/mol. The van der Waals surface area contributed by atoms with Crippen LogP contribution in [0.25, 0.3) is 0 Å². The van der Waals surface area contributed by atoms with Crippen LogP contribution in [0.5, 0.6) is 0 Å². The summed E-state index contributed by atoms with van der Waals surface area (Å²) in [5.41, 5.74) is -1.11. The van der Waals surface area contributed by atoms with E-state index in [0.717, 1.165) is 22.6 Å². The number of pyridine rings is 1. The van der Waals surface area contributed by atoms with Gasteiger partial charge in [0.2, 0.25) is 0 Å². The fourth-order valence-electron chi connectivity index (χ4n) is 3.31. The number of hydrogen-bond donors (Lipinski definition) is 0. The van der Waals surface area contributed by atoms with Crippen molar-refractivity contribution in [1.29, 1.82) is 0 Å². The fourth-order valence-corrected chi connectivity index (χ4v) is 4.90. The summed E-state index contributed by atoms with van der Waals surface area (Å²) in [4.78, 5) is 3.46. The molecule has 1 aromatic carbocycles. The lowest BCUT2D eigenvalue weighted by Crippen LogP contribution is -2.40. The number of hydrogen-bond acceptors (Lipinski definition) is 3. The van der Waals surface area contributed by atoms with Gasteiger partial charge in [0.05, 0.1) is 5.56 Å². The molecule has 0 amide bonds. The van der Waals surface area contributed by atoms with Gasteiger partial charge in [-0.1, -0.05) is 12.1 Å². The van der Waals surface area contributed by atoms with E-state index in [2.05, 4.69) is 4.98 Å². The van der Waals surface area contributed by atoms with Crippen molar-refractivity contribution in [2.24, 2.45) is 5.92 Å². The van der Waals surface area contributed by atoms with E-state index in [4.69, 9.17) is 0 Å². The third kappa shape index (κ3) is 4.17. The summed E-state index contributed by atoms with van der Waals surface area (Å²) in [6.45, 7) is -0.0321. The first kappa shape index (κ1) is 20.7. The normalized spacial score (nSPS) is 17.0. The van der Waals surface area contributed by atoms with Crippen LogP contribution >= 0.6 is 0 Å². The third-order valence-electron chi connectivity index (χ3n) is 4.77. The molecule has 0 spiro atoms. The molecule has 0 unspecified atom stereocenters. The Labute approximate surface area is 159 Å². The zero-order valence-corrected chi connectivity index (χ0v) is 15.4. The summed E-state index contributed by atoms with van der Waals surface area (Å²) in [5.74, 6) is -1.98. The van der Waals surface area contributed by atoms with Crippen molar-refractivity contribution < 1.29 is 30.4 Å². The maximum absolute atomic E-state index is 13.8. The average Bonchev–Trinajstić information content (AvgIpc) is 2.65. The molecule has 10 heteroatoms. The largest absolute Gasteiger partial charge is 0.419 e. The van der Waals surface area contributed by atoms with Crippen molar-refractivity contribution in [3.8, 4) is 0 Å². The van der Waals surface area contributed by atoms with E-state index in [9.17, 15) is 30.4 Å². The van der Waals surface area contributed by atoms with Crippen LogP contribution in [0.2, 0.25) is 0 Å². The summed E-state index contributed by atoms with van der Waals surface area (Å²) in [6.07, 6.45) is -2.97. The van der Waals surface area contributed by atoms with Crippen molar-refractivity contribution in [2.45, 2.75) is 30.5 Å². The van der Waals surface area contributed by atoms with Gasteiger partial charge in [-0.3, -0.25) is 0 Å². The number of halogens is 5. The molecule has 0 radical (unpaired) electrons. The lowest BCUT2D eigenvalue weighted by Gasteiger charge is -2.31. The first-order valence-electron chi connectivity index (χ1n) is 8.56. The van der Waals surface area contributed by atoms with Gasteiger partial charge in [0.25, 0.3) is 10.0 Å². The summed E-state index contributed by atoms with van der Waals surface area (Å²) in [6, 6.07) is 5.58. The summed E-state index contributed by atoms with van der Waals surface area (Å²) in [5, 5.41) is -1.02. The molecular weight excluding hydrogens is 403 g/mol. The van der Waals surface area contributed by atoms with Crippen molar-refractivity contribution in [3.05, 3.63) is 59.3 Å². The van der Waals surface area contributed by atoms with Gasteiger partial charge in [-0.05, 0) is 48.9 Å². The number of rotatable bonds is 4. The zero-order valence-electron chi connectivity index (χ0n) is 14.6. The lowest BCUT2D eigenvalue weighted by molar-refractivity contribution is -0.140.